The van der Waals surface area contributed by atoms with E-state index in [9.17, 15) is 0 Å². The predicted molar refractivity (Wildman–Crippen MR) is 71.7 cm³/mol. The van der Waals surface area contributed by atoms with E-state index < -0.39 is 5.38 Å². The zero-order chi connectivity index (χ0) is 13.1. The highest BCUT2D eigenvalue weighted by molar-refractivity contribution is 6.22. The molecule has 2 aromatic heterocycles. The largest absolute Gasteiger partial charge is 0.337 e. The van der Waals surface area contributed by atoms with Crippen LogP contribution in [0.5, 0.6) is 0 Å². The molecular weight excluding hydrogens is 262 g/mol. The molecule has 0 fully saturated rings. The van der Waals surface area contributed by atoms with Crippen LogP contribution >= 0.6 is 11.6 Å². The molecule has 0 spiro atoms. The van der Waals surface area contributed by atoms with Crippen molar-refractivity contribution in [3.05, 3.63) is 66.3 Å². The zero-order valence-electron chi connectivity index (χ0n) is 9.90. The van der Waals surface area contributed by atoms with Gasteiger partial charge in [-0.3, -0.25) is 4.98 Å². The molecule has 0 saturated carbocycles. The first kappa shape index (κ1) is 11.9. The second-order valence-electron chi connectivity index (χ2n) is 3.97. The first-order valence-corrected chi connectivity index (χ1v) is 6.21. The Morgan fingerprint density at radius 2 is 1.74 bits per heavy atom. The minimum absolute atomic E-state index is 0.389. The van der Waals surface area contributed by atoms with E-state index in [1.807, 2.05) is 42.5 Å². The number of pyridine rings is 1. The summed E-state index contributed by atoms with van der Waals surface area (Å²) in [4.78, 5) is 8.27. The summed E-state index contributed by atoms with van der Waals surface area (Å²) in [6.45, 7) is 0. The SMILES string of the molecule is ClC(c1ccccc1)c1nc(-c2ccncc2)no1. The highest BCUT2D eigenvalue weighted by Crippen LogP contribution is 2.28. The minimum atomic E-state index is -0.440. The summed E-state index contributed by atoms with van der Waals surface area (Å²) in [5.74, 6) is 0.902. The lowest BCUT2D eigenvalue weighted by molar-refractivity contribution is 0.383. The third kappa shape index (κ3) is 2.48. The Balaban J connectivity index is 1.90. The summed E-state index contributed by atoms with van der Waals surface area (Å²) in [6.07, 6.45) is 3.36. The molecule has 3 rings (SSSR count). The Morgan fingerprint density at radius 1 is 1.00 bits per heavy atom. The van der Waals surface area contributed by atoms with Crippen LogP contribution in [0.4, 0.5) is 0 Å². The van der Waals surface area contributed by atoms with Crippen LogP contribution in [-0.4, -0.2) is 15.1 Å². The molecule has 0 saturated heterocycles. The van der Waals surface area contributed by atoms with Gasteiger partial charge in [-0.15, -0.1) is 11.6 Å². The molecule has 4 nitrogen and oxygen atoms in total. The lowest BCUT2D eigenvalue weighted by atomic mass is 10.1. The first-order chi connectivity index (χ1) is 9.34. The van der Waals surface area contributed by atoms with Crippen molar-refractivity contribution in [2.75, 3.05) is 0 Å². The van der Waals surface area contributed by atoms with E-state index in [-0.39, 0.29) is 0 Å². The Bertz CT molecular complexity index is 655. The molecule has 2 heterocycles. The molecule has 0 aliphatic heterocycles. The lowest BCUT2D eigenvalue weighted by Gasteiger charge is -2.03. The second-order valence-corrected chi connectivity index (χ2v) is 4.40. The molecular formula is C14H10ClN3O. The normalized spacial score (nSPS) is 12.3. The van der Waals surface area contributed by atoms with E-state index in [2.05, 4.69) is 15.1 Å². The van der Waals surface area contributed by atoms with Gasteiger partial charge in [-0.25, -0.2) is 0 Å². The maximum atomic E-state index is 6.32. The summed E-state index contributed by atoms with van der Waals surface area (Å²) in [5, 5.41) is 3.49. The van der Waals surface area contributed by atoms with Gasteiger partial charge in [0, 0.05) is 18.0 Å². The molecule has 0 radical (unpaired) electrons. The van der Waals surface area contributed by atoms with Gasteiger partial charge in [0.2, 0.25) is 11.7 Å². The fourth-order valence-corrected chi connectivity index (χ4v) is 1.96. The summed E-state index contributed by atoms with van der Waals surface area (Å²) in [7, 11) is 0. The van der Waals surface area contributed by atoms with Gasteiger partial charge in [-0.05, 0) is 17.7 Å². The molecule has 1 unspecified atom stereocenters. The smallest absolute Gasteiger partial charge is 0.249 e. The minimum Gasteiger partial charge on any atom is -0.337 e. The van der Waals surface area contributed by atoms with Gasteiger partial charge in [0.1, 0.15) is 5.38 Å². The fraction of sp³-hybridized carbons (Fsp3) is 0.0714. The van der Waals surface area contributed by atoms with Gasteiger partial charge < -0.3 is 4.52 Å². The van der Waals surface area contributed by atoms with Crippen LogP contribution in [0.15, 0.2) is 59.4 Å². The third-order valence-corrected chi connectivity index (χ3v) is 3.13. The van der Waals surface area contributed by atoms with Crippen molar-refractivity contribution in [1.29, 1.82) is 0 Å². The maximum absolute atomic E-state index is 6.32. The van der Waals surface area contributed by atoms with E-state index in [1.165, 1.54) is 0 Å². The van der Waals surface area contributed by atoms with Gasteiger partial charge in [0.15, 0.2) is 0 Å². The van der Waals surface area contributed by atoms with E-state index >= 15 is 0 Å². The molecule has 0 bridgehead atoms. The Morgan fingerprint density at radius 3 is 2.47 bits per heavy atom. The summed E-state index contributed by atoms with van der Waals surface area (Å²) in [6, 6.07) is 13.3. The highest BCUT2D eigenvalue weighted by atomic mass is 35.5. The van der Waals surface area contributed by atoms with Crippen LogP contribution in [0.1, 0.15) is 16.8 Å². The topological polar surface area (TPSA) is 51.8 Å². The average molecular weight is 272 g/mol. The number of nitrogens with zero attached hydrogens (tertiary/aromatic N) is 3. The summed E-state index contributed by atoms with van der Waals surface area (Å²) >= 11 is 6.32. The van der Waals surface area contributed by atoms with E-state index in [1.54, 1.807) is 12.4 Å². The maximum Gasteiger partial charge on any atom is 0.249 e. The molecule has 0 amide bonds. The van der Waals surface area contributed by atoms with Crippen molar-refractivity contribution in [3.63, 3.8) is 0 Å². The van der Waals surface area contributed by atoms with Crippen molar-refractivity contribution >= 4 is 11.6 Å². The van der Waals surface area contributed by atoms with Crippen molar-refractivity contribution in [3.8, 4) is 11.4 Å². The van der Waals surface area contributed by atoms with E-state index in [0.29, 0.717) is 11.7 Å². The molecule has 94 valence electrons. The fourth-order valence-electron chi connectivity index (χ4n) is 1.72. The summed E-state index contributed by atoms with van der Waals surface area (Å²) < 4.78 is 5.22. The van der Waals surface area contributed by atoms with Crippen LogP contribution in [0.2, 0.25) is 0 Å². The Labute approximate surface area is 115 Å². The Hall–Kier alpha value is -2.20. The van der Waals surface area contributed by atoms with Crippen LogP contribution in [0.25, 0.3) is 11.4 Å². The van der Waals surface area contributed by atoms with Crippen LogP contribution in [-0.2, 0) is 0 Å². The number of hydrogen-bond acceptors (Lipinski definition) is 4. The molecule has 1 atom stereocenters. The average Bonchev–Trinajstić information content (AvgIpc) is 2.98. The van der Waals surface area contributed by atoms with Crippen LogP contribution in [0, 0.1) is 0 Å². The number of benzene rings is 1. The van der Waals surface area contributed by atoms with E-state index in [0.717, 1.165) is 11.1 Å². The highest BCUT2D eigenvalue weighted by Gasteiger charge is 2.18. The molecule has 0 aliphatic rings. The van der Waals surface area contributed by atoms with E-state index in [4.69, 9.17) is 16.1 Å². The van der Waals surface area contributed by atoms with Gasteiger partial charge in [-0.2, -0.15) is 4.98 Å². The molecule has 3 aromatic rings. The molecule has 0 aliphatic carbocycles. The van der Waals surface area contributed by atoms with Crippen molar-refractivity contribution in [2.45, 2.75) is 5.38 Å². The van der Waals surface area contributed by atoms with Crippen molar-refractivity contribution in [2.24, 2.45) is 0 Å². The first-order valence-electron chi connectivity index (χ1n) is 5.77. The number of alkyl halides is 1. The molecule has 0 N–H and O–H groups in total. The van der Waals surface area contributed by atoms with Gasteiger partial charge in [0.25, 0.3) is 0 Å². The van der Waals surface area contributed by atoms with Gasteiger partial charge in [-0.1, -0.05) is 35.5 Å². The quantitative estimate of drug-likeness (QED) is 0.685. The number of rotatable bonds is 3. The summed E-state index contributed by atoms with van der Waals surface area (Å²) in [5.41, 5.74) is 1.77. The molecule has 5 heteroatoms. The third-order valence-electron chi connectivity index (χ3n) is 2.69. The molecule has 19 heavy (non-hydrogen) atoms. The standard InChI is InChI=1S/C14H10ClN3O/c15-12(10-4-2-1-3-5-10)14-17-13(18-19-14)11-6-8-16-9-7-11/h1-9,12H. The second kappa shape index (κ2) is 5.20. The Kier molecular flexibility index (Phi) is 3.25. The zero-order valence-corrected chi connectivity index (χ0v) is 10.7. The molecule has 1 aromatic carbocycles. The predicted octanol–water partition coefficient (Wildman–Crippen LogP) is 3.46. The number of halogens is 1. The van der Waals surface area contributed by atoms with Crippen molar-refractivity contribution in [1.82, 2.24) is 15.1 Å². The van der Waals surface area contributed by atoms with Gasteiger partial charge in [0.05, 0.1) is 0 Å². The van der Waals surface area contributed by atoms with Crippen LogP contribution in [0.3, 0.4) is 0 Å². The van der Waals surface area contributed by atoms with Crippen molar-refractivity contribution < 1.29 is 4.52 Å². The lowest BCUT2D eigenvalue weighted by Crippen LogP contribution is -1.93. The van der Waals surface area contributed by atoms with Crippen LogP contribution < -0.4 is 0 Å². The monoisotopic (exact) mass is 271 g/mol. The number of hydrogen-bond donors (Lipinski definition) is 0. The number of aromatic nitrogens is 3. The van der Waals surface area contributed by atoms with Gasteiger partial charge >= 0.3 is 0 Å².